The topological polar surface area (TPSA) is 59.2 Å². The molecule has 112 valence electrons. The van der Waals surface area contributed by atoms with Crippen molar-refractivity contribution in [2.75, 3.05) is 12.8 Å². The number of nitrogen functional groups attached to an aromatic ring is 1. The minimum atomic E-state index is 0. The van der Waals surface area contributed by atoms with Crippen LogP contribution in [0.5, 0.6) is 0 Å². The van der Waals surface area contributed by atoms with E-state index in [1.165, 1.54) is 19.3 Å². The predicted molar refractivity (Wildman–Crippen MR) is 83.8 cm³/mol. The molecule has 1 aromatic rings. The molecular formula is C15H24ClN3O. The van der Waals surface area contributed by atoms with Gasteiger partial charge in [-0.2, -0.15) is 0 Å². The van der Waals surface area contributed by atoms with Crippen LogP contribution in [-0.2, 0) is 11.2 Å². The monoisotopic (exact) mass is 297 g/mol. The molecule has 0 saturated heterocycles. The normalized spacial score (nSPS) is 21.9. The van der Waals surface area contributed by atoms with Crippen molar-refractivity contribution in [2.24, 2.45) is 5.92 Å². The van der Waals surface area contributed by atoms with Gasteiger partial charge in [0.15, 0.2) is 0 Å². The number of carbonyl (C=O) groups is 1. The number of nitrogens with two attached hydrogens (primary N) is 1. The lowest BCUT2D eigenvalue weighted by atomic mass is 9.85. The maximum atomic E-state index is 12.3. The molecule has 0 spiro atoms. The number of hydrogen-bond acceptors (Lipinski definition) is 3. The summed E-state index contributed by atoms with van der Waals surface area (Å²) >= 11 is 0. The molecule has 0 bridgehead atoms. The van der Waals surface area contributed by atoms with Crippen LogP contribution in [0.15, 0.2) is 18.3 Å². The fourth-order valence-electron chi connectivity index (χ4n) is 2.88. The Morgan fingerprint density at radius 2 is 2.10 bits per heavy atom. The first-order valence-electron chi connectivity index (χ1n) is 7.04. The summed E-state index contributed by atoms with van der Waals surface area (Å²) in [6, 6.07) is 4.00. The number of anilines is 1. The van der Waals surface area contributed by atoms with E-state index >= 15 is 0 Å². The van der Waals surface area contributed by atoms with Crippen LogP contribution in [-0.4, -0.2) is 28.9 Å². The van der Waals surface area contributed by atoms with E-state index in [-0.39, 0.29) is 18.3 Å². The second-order valence-electron chi connectivity index (χ2n) is 5.59. The number of amides is 1. The predicted octanol–water partition coefficient (Wildman–Crippen LogP) is 2.67. The van der Waals surface area contributed by atoms with Crippen molar-refractivity contribution in [1.82, 2.24) is 9.88 Å². The molecule has 1 fully saturated rings. The number of pyridine rings is 1. The van der Waals surface area contributed by atoms with Gasteiger partial charge in [-0.3, -0.25) is 9.78 Å². The fraction of sp³-hybridized carbons (Fsp3) is 0.600. The van der Waals surface area contributed by atoms with E-state index in [1.807, 2.05) is 18.0 Å². The van der Waals surface area contributed by atoms with Gasteiger partial charge in [0.2, 0.25) is 5.91 Å². The minimum Gasteiger partial charge on any atom is -0.397 e. The Morgan fingerprint density at radius 3 is 2.70 bits per heavy atom. The van der Waals surface area contributed by atoms with Crippen molar-refractivity contribution in [3.8, 4) is 0 Å². The molecule has 0 aliphatic heterocycles. The zero-order valence-electron chi connectivity index (χ0n) is 12.2. The third-order valence-electron chi connectivity index (χ3n) is 4.14. The average molecular weight is 298 g/mol. The number of nitrogens with zero attached hydrogens (tertiary/aromatic N) is 2. The summed E-state index contributed by atoms with van der Waals surface area (Å²) in [5.74, 6) is 0.748. The molecule has 1 heterocycles. The first kappa shape index (κ1) is 16.8. The molecule has 20 heavy (non-hydrogen) atoms. The van der Waals surface area contributed by atoms with Gasteiger partial charge in [-0.25, -0.2) is 0 Å². The van der Waals surface area contributed by atoms with Crippen LogP contribution < -0.4 is 5.73 Å². The molecule has 2 N–H and O–H groups in total. The molecule has 2 unspecified atom stereocenters. The van der Waals surface area contributed by atoms with E-state index in [0.29, 0.717) is 24.1 Å². The summed E-state index contributed by atoms with van der Waals surface area (Å²) < 4.78 is 0. The lowest BCUT2D eigenvalue weighted by Gasteiger charge is -2.36. The van der Waals surface area contributed by atoms with E-state index in [1.54, 1.807) is 12.3 Å². The van der Waals surface area contributed by atoms with Gasteiger partial charge in [-0.05, 0) is 30.9 Å². The Kier molecular flexibility index (Phi) is 6.27. The van der Waals surface area contributed by atoms with Gasteiger partial charge < -0.3 is 10.6 Å². The number of carbonyl (C=O) groups excluding carboxylic acids is 1. The molecule has 1 aromatic heterocycles. The Balaban J connectivity index is 0.00000200. The molecule has 2 rings (SSSR count). The second kappa shape index (κ2) is 7.48. The van der Waals surface area contributed by atoms with Crippen molar-refractivity contribution in [1.29, 1.82) is 0 Å². The molecular weight excluding hydrogens is 274 g/mol. The highest BCUT2D eigenvalue weighted by molar-refractivity contribution is 5.85. The lowest BCUT2D eigenvalue weighted by molar-refractivity contribution is -0.132. The van der Waals surface area contributed by atoms with Crippen molar-refractivity contribution in [2.45, 2.75) is 45.1 Å². The Morgan fingerprint density at radius 1 is 1.40 bits per heavy atom. The summed E-state index contributed by atoms with van der Waals surface area (Å²) in [5, 5.41) is 0. The van der Waals surface area contributed by atoms with Crippen LogP contribution in [0.3, 0.4) is 0 Å². The standard InChI is InChI=1S/C15H23N3O.ClH/c1-11-5-3-4-6-14(11)18(2)15(19)9-13-8-7-12(16)10-17-13;/h7-8,10-11,14H,3-6,9,16H2,1-2H3;1H. The molecule has 1 saturated carbocycles. The number of halogens is 1. The van der Waals surface area contributed by atoms with Crippen molar-refractivity contribution in [3.63, 3.8) is 0 Å². The van der Waals surface area contributed by atoms with Gasteiger partial charge in [-0.15, -0.1) is 12.4 Å². The third kappa shape index (κ3) is 4.10. The number of rotatable bonds is 3. The maximum Gasteiger partial charge on any atom is 0.228 e. The van der Waals surface area contributed by atoms with Crippen LogP contribution in [0.4, 0.5) is 5.69 Å². The van der Waals surface area contributed by atoms with Gasteiger partial charge >= 0.3 is 0 Å². The quantitative estimate of drug-likeness (QED) is 0.933. The van der Waals surface area contributed by atoms with Crippen LogP contribution in [0, 0.1) is 5.92 Å². The van der Waals surface area contributed by atoms with Gasteiger partial charge in [0.1, 0.15) is 0 Å². The van der Waals surface area contributed by atoms with Gasteiger partial charge in [0.25, 0.3) is 0 Å². The van der Waals surface area contributed by atoms with Gasteiger partial charge in [-0.1, -0.05) is 19.8 Å². The Hall–Kier alpha value is -1.29. The summed E-state index contributed by atoms with van der Waals surface area (Å²) in [6.45, 7) is 2.25. The van der Waals surface area contributed by atoms with Crippen molar-refractivity contribution >= 4 is 24.0 Å². The fourth-order valence-corrected chi connectivity index (χ4v) is 2.88. The molecule has 0 aromatic carbocycles. The van der Waals surface area contributed by atoms with Crippen LogP contribution >= 0.6 is 12.4 Å². The molecule has 2 atom stereocenters. The third-order valence-corrected chi connectivity index (χ3v) is 4.14. The first-order chi connectivity index (χ1) is 9.08. The Bertz CT molecular complexity index is 435. The summed E-state index contributed by atoms with van der Waals surface area (Å²) in [6.07, 6.45) is 6.83. The van der Waals surface area contributed by atoms with Gasteiger partial charge in [0.05, 0.1) is 18.3 Å². The maximum absolute atomic E-state index is 12.3. The molecule has 1 aliphatic rings. The first-order valence-corrected chi connectivity index (χ1v) is 7.04. The number of aromatic nitrogens is 1. The lowest BCUT2D eigenvalue weighted by Crippen LogP contribution is -2.43. The highest BCUT2D eigenvalue weighted by atomic mass is 35.5. The molecule has 4 nitrogen and oxygen atoms in total. The Labute approximate surface area is 127 Å². The summed E-state index contributed by atoms with van der Waals surface area (Å²) in [5.41, 5.74) is 7.01. The van der Waals surface area contributed by atoms with Crippen LogP contribution in [0.25, 0.3) is 0 Å². The summed E-state index contributed by atoms with van der Waals surface area (Å²) in [7, 11) is 1.92. The van der Waals surface area contributed by atoms with E-state index in [4.69, 9.17) is 5.73 Å². The van der Waals surface area contributed by atoms with Crippen molar-refractivity contribution < 1.29 is 4.79 Å². The van der Waals surface area contributed by atoms with E-state index in [2.05, 4.69) is 11.9 Å². The molecule has 0 radical (unpaired) electrons. The molecule has 1 aliphatic carbocycles. The number of hydrogen-bond donors (Lipinski definition) is 1. The van der Waals surface area contributed by atoms with Crippen LogP contribution in [0.2, 0.25) is 0 Å². The largest absolute Gasteiger partial charge is 0.397 e. The van der Waals surface area contributed by atoms with Crippen LogP contribution in [0.1, 0.15) is 38.3 Å². The zero-order valence-corrected chi connectivity index (χ0v) is 13.0. The van der Waals surface area contributed by atoms with Gasteiger partial charge in [0, 0.05) is 18.8 Å². The van der Waals surface area contributed by atoms with Crippen molar-refractivity contribution in [3.05, 3.63) is 24.0 Å². The second-order valence-corrected chi connectivity index (χ2v) is 5.59. The molecule has 5 heteroatoms. The zero-order chi connectivity index (χ0) is 13.8. The van der Waals surface area contributed by atoms with E-state index in [0.717, 1.165) is 12.1 Å². The summed E-state index contributed by atoms with van der Waals surface area (Å²) in [4.78, 5) is 18.4. The highest BCUT2D eigenvalue weighted by Crippen LogP contribution is 2.27. The molecule has 1 amide bonds. The smallest absolute Gasteiger partial charge is 0.228 e. The average Bonchev–Trinajstić information content (AvgIpc) is 2.41. The number of likely N-dealkylation sites (N-methyl/N-ethyl adjacent to an activating group) is 1. The minimum absolute atomic E-state index is 0. The van der Waals surface area contributed by atoms with E-state index in [9.17, 15) is 4.79 Å². The SMILES string of the molecule is CC1CCCCC1N(C)C(=O)Cc1ccc(N)cn1.Cl. The van der Waals surface area contributed by atoms with E-state index < -0.39 is 0 Å². The highest BCUT2D eigenvalue weighted by Gasteiger charge is 2.27.